The van der Waals surface area contributed by atoms with Crippen LogP contribution in [0.25, 0.3) is 5.65 Å². The molecule has 0 saturated carbocycles. The van der Waals surface area contributed by atoms with Crippen molar-refractivity contribution in [1.29, 1.82) is 0 Å². The SMILES string of the molecule is CCOc1ccc(CN2CCN(c3nc4ccccn4c(=O)c3[N+](=O)[O-])CC2)cc1. The summed E-state index contributed by atoms with van der Waals surface area (Å²) in [6.07, 6.45) is 1.50. The monoisotopic (exact) mass is 409 g/mol. The van der Waals surface area contributed by atoms with E-state index in [2.05, 4.69) is 9.88 Å². The van der Waals surface area contributed by atoms with Gasteiger partial charge in [0.15, 0.2) is 0 Å². The molecule has 4 rings (SSSR count). The number of nitrogens with zero attached hydrogens (tertiary/aromatic N) is 5. The highest BCUT2D eigenvalue weighted by Gasteiger charge is 2.29. The van der Waals surface area contributed by atoms with Crippen molar-refractivity contribution in [3.8, 4) is 5.75 Å². The molecule has 3 aromatic rings. The molecule has 2 aromatic heterocycles. The number of pyridine rings is 1. The first-order chi connectivity index (χ1) is 14.6. The van der Waals surface area contributed by atoms with Crippen LogP contribution in [0.15, 0.2) is 53.5 Å². The number of rotatable bonds is 6. The normalized spacial score (nSPS) is 14.8. The summed E-state index contributed by atoms with van der Waals surface area (Å²) in [5, 5.41) is 11.6. The molecule has 0 N–H and O–H groups in total. The van der Waals surface area contributed by atoms with E-state index in [0.29, 0.717) is 25.3 Å². The van der Waals surface area contributed by atoms with Gasteiger partial charge in [-0.05, 0) is 36.8 Å². The number of aromatic nitrogens is 2. The zero-order chi connectivity index (χ0) is 21.1. The third-order valence-corrected chi connectivity index (χ3v) is 5.19. The number of hydrogen-bond acceptors (Lipinski definition) is 7. The van der Waals surface area contributed by atoms with E-state index < -0.39 is 16.2 Å². The summed E-state index contributed by atoms with van der Waals surface area (Å²) >= 11 is 0. The highest BCUT2D eigenvalue weighted by Crippen LogP contribution is 2.24. The second-order valence-electron chi connectivity index (χ2n) is 7.12. The zero-order valence-corrected chi connectivity index (χ0v) is 16.7. The van der Waals surface area contributed by atoms with Crippen LogP contribution in [-0.2, 0) is 6.54 Å². The Hall–Kier alpha value is -3.46. The van der Waals surface area contributed by atoms with Gasteiger partial charge in [-0.2, -0.15) is 0 Å². The van der Waals surface area contributed by atoms with Crippen molar-refractivity contribution >= 4 is 17.2 Å². The Kier molecular flexibility index (Phi) is 5.62. The summed E-state index contributed by atoms with van der Waals surface area (Å²) in [7, 11) is 0. The van der Waals surface area contributed by atoms with Gasteiger partial charge in [0.2, 0.25) is 5.82 Å². The fourth-order valence-electron chi connectivity index (χ4n) is 3.68. The van der Waals surface area contributed by atoms with Gasteiger partial charge in [-0.15, -0.1) is 0 Å². The summed E-state index contributed by atoms with van der Waals surface area (Å²) < 4.78 is 6.69. The predicted molar refractivity (Wildman–Crippen MR) is 113 cm³/mol. The number of piperazine rings is 1. The standard InChI is InChI=1S/C21H23N5O4/c1-2-30-17-8-6-16(7-9-17)15-23-11-13-24(14-12-23)20-19(26(28)29)21(27)25-10-4-3-5-18(25)22-20/h3-10H,2,11-15H2,1H3. The van der Waals surface area contributed by atoms with Crippen LogP contribution in [-0.4, -0.2) is 52.0 Å². The number of benzene rings is 1. The third kappa shape index (κ3) is 3.97. The van der Waals surface area contributed by atoms with Gasteiger partial charge in [-0.25, -0.2) is 4.98 Å². The summed E-state index contributed by atoms with van der Waals surface area (Å²) in [4.78, 5) is 32.2. The van der Waals surface area contributed by atoms with Gasteiger partial charge in [0.05, 0.1) is 11.5 Å². The number of anilines is 1. The number of fused-ring (bicyclic) bond motifs is 1. The summed E-state index contributed by atoms with van der Waals surface area (Å²) in [5.74, 6) is 1.00. The second-order valence-corrected chi connectivity index (χ2v) is 7.12. The van der Waals surface area contributed by atoms with Crippen molar-refractivity contribution in [2.24, 2.45) is 0 Å². The lowest BCUT2D eigenvalue weighted by atomic mass is 10.2. The number of nitro groups is 1. The van der Waals surface area contributed by atoms with Crippen LogP contribution in [0.2, 0.25) is 0 Å². The fourth-order valence-corrected chi connectivity index (χ4v) is 3.68. The smallest absolute Gasteiger partial charge is 0.376 e. The zero-order valence-electron chi connectivity index (χ0n) is 16.7. The molecule has 156 valence electrons. The first-order valence-corrected chi connectivity index (χ1v) is 9.91. The molecule has 3 heterocycles. The van der Waals surface area contributed by atoms with E-state index in [4.69, 9.17) is 4.74 Å². The largest absolute Gasteiger partial charge is 0.494 e. The molecule has 1 aliphatic heterocycles. The second kappa shape index (κ2) is 8.50. The fraction of sp³-hybridized carbons (Fsp3) is 0.333. The molecule has 0 aliphatic carbocycles. The predicted octanol–water partition coefficient (Wildman–Crippen LogP) is 2.32. The molecule has 0 amide bonds. The van der Waals surface area contributed by atoms with E-state index in [1.807, 2.05) is 36.1 Å². The highest BCUT2D eigenvalue weighted by atomic mass is 16.6. The lowest BCUT2D eigenvalue weighted by molar-refractivity contribution is -0.385. The average molecular weight is 409 g/mol. The molecule has 1 fully saturated rings. The van der Waals surface area contributed by atoms with Crippen LogP contribution >= 0.6 is 0 Å². The van der Waals surface area contributed by atoms with E-state index in [9.17, 15) is 14.9 Å². The van der Waals surface area contributed by atoms with Gasteiger partial charge in [0.1, 0.15) is 11.4 Å². The van der Waals surface area contributed by atoms with Crippen molar-refractivity contribution < 1.29 is 9.66 Å². The van der Waals surface area contributed by atoms with Gasteiger partial charge in [0.25, 0.3) is 0 Å². The molecule has 1 aromatic carbocycles. The maximum atomic E-state index is 12.6. The van der Waals surface area contributed by atoms with E-state index >= 15 is 0 Å². The average Bonchev–Trinajstić information content (AvgIpc) is 2.75. The molecule has 0 unspecified atom stereocenters. The molecule has 0 bridgehead atoms. The first-order valence-electron chi connectivity index (χ1n) is 9.91. The Balaban J connectivity index is 1.50. The first kappa shape index (κ1) is 19.8. The van der Waals surface area contributed by atoms with Crippen LogP contribution in [0.3, 0.4) is 0 Å². The summed E-state index contributed by atoms with van der Waals surface area (Å²) in [5.41, 5.74) is 0.455. The molecule has 1 aliphatic rings. The Morgan fingerprint density at radius 1 is 1.10 bits per heavy atom. The molecular weight excluding hydrogens is 386 g/mol. The van der Waals surface area contributed by atoms with E-state index in [0.717, 1.165) is 25.4 Å². The van der Waals surface area contributed by atoms with Crippen LogP contribution in [0.1, 0.15) is 12.5 Å². The van der Waals surface area contributed by atoms with E-state index in [1.54, 1.807) is 18.2 Å². The Bertz CT molecular complexity index is 1100. The van der Waals surface area contributed by atoms with Gasteiger partial charge >= 0.3 is 11.2 Å². The maximum absolute atomic E-state index is 12.6. The summed E-state index contributed by atoms with van der Waals surface area (Å²) in [6.45, 7) is 5.95. The summed E-state index contributed by atoms with van der Waals surface area (Å²) in [6, 6.07) is 13.1. The quantitative estimate of drug-likeness (QED) is 0.456. The number of hydrogen-bond donors (Lipinski definition) is 0. The Morgan fingerprint density at radius 3 is 2.50 bits per heavy atom. The molecule has 0 atom stereocenters. The van der Waals surface area contributed by atoms with Crippen LogP contribution in [0.4, 0.5) is 11.5 Å². The minimum absolute atomic E-state index is 0.150. The van der Waals surface area contributed by atoms with Crippen molar-refractivity contribution in [3.05, 3.63) is 74.7 Å². The molecule has 30 heavy (non-hydrogen) atoms. The van der Waals surface area contributed by atoms with Crippen LogP contribution < -0.4 is 15.2 Å². The van der Waals surface area contributed by atoms with Crippen LogP contribution in [0, 0.1) is 10.1 Å². The van der Waals surface area contributed by atoms with Crippen molar-refractivity contribution in [2.75, 3.05) is 37.7 Å². The van der Waals surface area contributed by atoms with Gasteiger partial charge < -0.3 is 9.64 Å². The molecule has 9 nitrogen and oxygen atoms in total. The van der Waals surface area contributed by atoms with Crippen molar-refractivity contribution in [1.82, 2.24) is 14.3 Å². The van der Waals surface area contributed by atoms with Crippen molar-refractivity contribution in [3.63, 3.8) is 0 Å². The van der Waals surface area contributed by atoms with E-state index in [-0.39, 0.29) is 5.82 Å². The molecule has 0 radical (unpaired) electrons. The Morgan fingerprint density at radius 2 is 1.83 bits per heavy atom. The maximum Gasteiger partial charge on any atom is 0.376 e. The molecule has 9 heteroatoms. The number of ether oxygens (including phenoxy) is 1. The molecular formula is C21H23N5O4. The lowest BCUT2D eigenvalue weighted by Gasteiger charge is -2.35. The third-order valence-electron chi connectivity index (χ3n) is 5.19. The molecule has 1 saturated heterocycles. The van der Waals surface area contributed by atoms with E-state index in [1.165, 1.54) is 16.2 Å². The Labute approximate surface area is 173 Å². The van der Waals surface area contributed by atoms with Gasteiger partial charge in [-0.3, -0.25) is 24.2 Å². The minimum atomic E-state index is -0.655. The lowest BCUT2D eigenvalue weighted by Crippen LogP contribution is -2.47. The van der Waals surface area contributed by atoms with Gasteiger partial charge in [0, 0.05) is 38.9 Å². The van der Waals surface area contributed by atoms with Crippen LogP contribution in [0.5, 0.6) is 5.75 Å². The highest BCUT2D eigenvalue weighted by molar-refractivity contribution is 5.61. The van der Waals surface area contributed by atoms with Gasteiger partial charge in [-0.1, -0.05) is 18.2 Å². The topological polar surface area (TPSA) is 93.2 Å². The molecule has 0 spiro atoms. The minimum Gasteiger partial charge on any atom is -0.494 e. The van der Waals surface area contributed by atoms with Crippen molar-refractivity contribution in [2.45, 2.75) is 13.5 Å².